The lowest BCUT2D eigenvalue weighted by Crippen LogP contribution is -2.29. The molecule has 1 unspecified atom stereocenters. The van der Waals surface area contributed by atoms with E-state index in [9.17, 15) is 9.18 Å². The first kappa shape index (κ1) is 10.9. The largest absolute Gasteiger partial charge is 0.383 e. The Morgan fingerprint density at radius 3 is 2.88 bits per heavy atom. The molecular weight excluding hydrogens is 209 g/mol. The lowest BCUT2D eigenvalue weighted by Gasteiger charge is -2.08. The van der Waals surface area contributed by atoms with Crippen molar-refractivity contribution in [3.63, 3.8) is 0 Å². The highest BCUT2D eigenvalue weighted by Gasteiger charge is 2.46. The second-order valence-corrected chi connectivity index (χ2v) is 4.81. The fourth-order valence-electron chi connectivity index (χ4n) is 1.58. The van der Waals surface area contributed by atoms with Gasteiger partial charge in [-0.25, -0.2) is 9.37 Å². The molecule has 1 amide bonds. The second-order valence-electron chi connectivity index (χ2n) is 4.81. The molecule has 1 aromatic heterocycles. The summed E-state index contributed by atoms with van der Waals surface area (Å²) in [4.78, 5) is 15.4. The van der Waals surface area contributed by atoms with Crippen molar-refractivity contribution >= 4 is 11.7 Å². The maximum Gasteiger partial charge on any atom is 0.255 e. The number of carbonyl (C=O) groups excluding carboxylic acids is 1. The van der Waals surface area contributed by atoms with E-state index in [0.717, 1.165) is 18.7 Å². The Morgan fingerprint density at radius 1 is 1.69 bits per heavy atom. The van der Waals surface area contributed by atoms with Crippen molar-refractivity contribution in [3.05, 3.63) is 23.6 Å². The van der Waals surface area contributed by atoms with Crippen LogP contribution in [0.25, 0.3) is 0 Å². The zero-order chi connectivity index (χ0) is 11.9. The van der Waals surface area contributed by atoms with Gasteiger partial charge in [-0.3, -0.25) is 4.79 Å². The highest BCUT2D eigenvalue weighted by atomic mass is 19.1. The molecule has 1 fully saturated rings. The Bertz CT molecular complexity index is 445. The average molecular weight is 223 g/mol. The number of carbonyl (C=O) groups is 1. The van der Waals surface area contributed by atoms with Gasteiger partial charge in [-0.15, -0.1) is 0 Å². The van der Waals surface area contributed by atoms with E-state index in [2.05, 4.69) is 24.1 Å². The molecule has 86 valence electrons. The maximum atomic E-state index is 12.9. The quantitative estimate of drug-likeness (QED) is 0.794. The Morgan fingerprint density at radius 2 is 2.31 bits per heavy atom. The summed E-state index contributed by atoms with van der Waals surface area (Å²) in [7, 11) is 0. The second kappa shape index (κ2) is 3.43. The molecule has 0 bridgehead atoms. The Kier molecular flexibility index (Phi) is 2.33. The van der Waals surface area contributed by atoms with Crippen molar-refractivity contribution < 1.29 is 9.18 Å². The van der Waals surface area contributed by atoms with E-state index in [1.54, 1.807) is 0 Å². The standard InChI is InChI=1S/C11H14FN3O/c1-11(2)4-8(11)15-10(16)7-3-6(12)5-14-9(7)13/h3,5,8H,4H2,1-2H3,(H2,13,14)(H,15,16). The van der Waals surface area contributed by atoms with Gasteiger partial charge < -0.3 is 11.1 Å². The average Bonchev–Trinajstić information content (AvgIpc) is 2.77. The fourth-order valence-corrected chi connectivity index (χ4v) is 1.58. The summed E-state index contributed by atoms with van der Waals surface area (Å²) < 4.78 is 12.9. The zero-order valence-corrected chi connectivity index (χ0v) is 9.25. The summed E-state index contributed by atoms with van der Waals surface area (Å²) in [5.74, 6) is -0.869. The molecule has 3 N–H and O–H groups in total. The molecule has 1 saturated carbocycles. The van der Waals surface area contributed by atoms with Crippen LogP contribution in [0.4, 0.5) is 10.2 Å². The number of anilines is 1. The minimum Gasteiger partial charge on any atom is -0.383 e. The molecule has 0 spiro atoms. The van der Waals surface area contributed by atoms with Crippen molar-refractivity contribution in [3.8, 4) is 0 Å². The molecule has 1 heterocycles. The SMILES string of the molecule is CC1(C)CC1NC(=O)c1cc(F)cnc1N. The smallest absolute Gasteiger partial charge is 0.255 e. The van der Waals surface area contributed by atoms with Crippen LogP contribution >= 0.6 is 0 Å². The van der Waals surface area contributed by atoms with Crippen molar-refractivity contribution in [1.29, 1.82) is 0 Å². The molecule has 5 heteroatoms. The lowest BCUT2D eigenvalue weighted by molar-refractivity contribution is 0.0946. The summed E-state index contributed by atoms with van der Waals surface area (Å²) in [6.45, 7) is 4.12. The van der Waals surface area contributed by atoms with Crippen LogP contribution in [0.5, 0.6) is 0 Å². The molecule has 1 aliphatic carbocycles. The molecule has 16 heavy (non-hydrogen) atoms. The van der Waals surface area contributed by atoms with E-state index in [0.29, 0.717) is 0 Å². The molecule has 1 aliphatic rings. The van der Waals surface area contributed by atoms with Gasteiger partial charge in [0, 0.05) is 6.04 Å². The van der Waals surface area contributed by atoms with Gasteiger partial charge in [-0.2, -0.15) is 0 Å². The molecule has 0 saturated heterocycles. The first-order chi connectivity index (χ1) is 7.40. The van der Waals surface area contributed by atoms with E-state index in [-0.39, 0.29) is 28.7 Å². The number of amides is 1. The molecule has 0 aromatic carbocycles. The minimum atomic E-state index is -0.561. The van der Waals surface area contributed by atoms with Crippen molar-refractivity contribution in [2.45, 2.75) is 26.3 Å². The molecule has 0 radical (unpaired) electrons. The predicted octanol–water partition coefficient (Wildman–Crippen LogP) is 1.33. The maximum absolute atomic E-state index is 12.9. The van der Waals surface area contributed by atoms with Crippen molar-refractivity contribution in [1.82, 2.24) is 10.3 Å². The molecule has 0 aliphatic heterocycles. The van der Waals surface area contributed by atoms with Crippen molar-refractivity contribution in [2.75, 3.05) is 5.73 Å². The van der Waals surface area contributed by atoms with E-state index in [4.69, 9.17) is 5.73 Å². The van der Waals surface area contributed by atoms with E-state index in [1.165, 1.54) is 0 Å². The number of hydrogen-bond donors (Lipinski definition) is 2. The minimum absolute atomic E-state index is 0.0531. The van der Waals surface area contributed by atoms with Crippen LogP contribution in [0.15, 0.2) is 12.3 Å². The molecular formula is C11H14FN3O. The normalized spacial score (nSPS) is 21.6. The van der Waals surface area contributed by atoms with Crippen LogP contribution < -0.4 is 11.1 Å². The topological polar surface area (TPSA) is 68.0 Å². The van der Waals surface area contributed by atoms with Gasteiger partial charge in [-0.1, -0.05) is 13.8 Å². The fraction of sp³-hybridized carbons (Fsp3) is 0.455. The highest BCUT2D eigenvalue weighted by molar-refractivity contribution is 5.98. The van der Waals surface area contributed by atoms with Crippen LogP contribution in [-0.2, 0) is 0 Å². The Hall–Kier alpha value is -1.65. The van der Waals surface area contributed by atoms with Crippen LogP contribution in [0.3, 0.4) is 0 Å². The van der Waals surface area contributed by atoms with Gasteiger partial charge in [0.2, 0.25) is 0 Å². The van der Waals surface area contributed by atoms with Crippen LogP contribution in [0.2, 0.25) is 0 Å². The summed E-state index contributed by atoms with van der Waals surface area (Å²) >= 11 is 0. The Labute approximate surface area is 93.1 Å². The number of nitrogens with zero attached hydrogens (tertiary/aromatic N) is 1. The summed E-state index contributed by atoms with van der Waals surface area (Å²) in [5.41, 5.74) is 5.75. The van der Waals surface area contributed by atoms with Gasteiger partial charge in [0.05, 0.1) is 11.8 Å². The summed E-state index contributed by atoms with van der Waals surface area (Å²) in [6, 6.07) is 1.25. The zero-order valence-electron chi connectivity index (χ0n) is 9.25. The van der Waals surface area contributed by atoms with Crippen molar-refractivity contribution in [2.24, 2.45) is 5.41 Å². The van der Waals surface area contributed by atoms with Gasteiger partial charge in [0.1, 0.15) is 11.6 Å². The predicted molar refractivity (Wildman–Crippen MR) is 58.3 cm³/mol. The Balaban J connectivity index is 2.12. The summed E-state index contributed by atoms with van der Waals surface area (Å²) in [6.07, 6.45) is 1.93. The number of pyridine rings is 1. The number of hydrogen-bond acceptors (Lipinski definition) is 3. The first-order valence-corrected chi connectivity index (χ1v) is 5.12. The van der Waals surface area contributed by atoms with E-state index in [1.807, 2.05) is 0 Å². The summed E-state index contributed by atoms with van der Waals surface area (Å²) in [5, 5.41) is 2.80. The van der Waals surface area contributed by atoms with E-state index < -0.39 is 5.82 Å². The molecule has 2 rings (SSSR count). The van der Waals surface area contributed by atoms with Gasteiger partial charge in [-0.05, 0) is 17.9 Å². The van der Waals surface area contributed by atoms with Crippen LogP contribution in [0, 0.1) is 11.2 Å². The van der Waals surface area contributed by atoms with Gasteiger partial charge in [0.25, 0.3) is 5.91 Å². The number of nitrogens with one attached hydrogen (secondary N) is 1. The third kappa shape index (κ3) is 1.98. The number of aromatic nitrogens is 1. The number of rotatable bonds is 2. The first-order valence-electron chi connectivity index (χ1n) is 5.12. The monoisotopic (exact) mass is 223 g/mol. The molecule has 1 aromatic rings. The van der Waals surface area contributed by atoms with Crippen LogP contribution in [0.1, 0.15) is 30.6 Å². The van der Waals surface area contributed by atoms with Gasteiger partial charge in [0.15, 0.2) is 0 Å². The van der Waals surface area contributed by atoms with E-state index >= 15 is 0 Å². The third-order valence-electron chi connectivity index (χ3n) is 2.95. The lowest BCUT2D eigenvalue weighted by atomic mass is 10.2. The third-order valence-corrected chi connectivity index (χ3v) is 2.95. The number of halogens is 1. The van der Waals surface area contributed by atoms with Crippen LogP contribution in [-0.4, -0.2) is 16.9 Å². The molecule has 4 nitrogen and oxygen atoms in total. The number of nitrogen functional groups attached to an aromatic ring is 1. The molecule has 1 atom stereocenters. The van der Waals surface area contributed by atoms with Gasteiger partial charge >= 0.3 is 0 Å². The number of nitrogens with two attached hydrogens (primary N) is 1. The highest BCUT2D eigenvalue weighted by Crippen LogP contribution is 2.44.